The summed E-state index contributed by atoms with van der Waals surface area (Å²) in [6.07, 6.45) is -0.218. The summed E-state index contributed by atoms with van der Waals surface area (Å²) >= 11 is 0. The van der Waals surface area contributed by atoms with E-state index in [0.717, 1.165) is 29.3 Å². The van der Waals surface area contributed by atoms with Crippen molar-refractivity contribution in [1.82, 2.24) is 24.5 Å². The Balaban J connectivity index is 0.872. The Kier molecular flexibility index (Phi) is 21.9. The zero-order valence-electron chi connectivity index (χ0n) is 57.7. The number of anilines is 4. The monoisotopic (exact) mass is 1350 g/mol. The van der Waals surface area contributed by atoms with Crippen molar-refractivity contribution in [1.29, 1.82) is 0 Å². The number of benzene rings is 5. The number of carbonyl (C=O) groups is 8. The summed E-state index contributed by atoms with van der Waals surface area (Å²) in [5.41, 5.74) is 0.711. The van der Waals surface area contributed by atoms with Crippen molar-refractivity contribution in [3.05, 3.63) is 154 Å². The third kappa shape index (κ3) is 16.7. The number of rotatable bonds is 18. The SMILES string of the molecule is C[C@@H]1COCCN1C[C@H]1CN(C(=O)OC(C)(C)C)[C@H](C)CN1CC(=O)N1CC(C)(C(=O)Nc2ccc(C(=O)Nc3ccc4c(c3)[C@@H](C(=O)Nc3c(F)cccc3F)N(C(=O)[C@@H](CC(=O)[C@H](C)N(C)C(=O)OC(C)(C)C)C3CCOCC3)C4)cc2)c2ccc(Cc3ccc(F)cc3)cc21. The highest BCUT2D eigenvalue weighted by atomic mass is 19.1. The van der Waals surface area contributed by atoms with Gasteiger partial charge in [0.25, 0.3) is 11.8 Å². The molecule has 5 heterocycles. The maximum Gasteiger partial charge on any atom is 0.410 e. The van der Waals surface area contributed by atoms with Gasteiger partial charge in [0.15, 0.2) is 5.78 Å². The number of Topliss-reactive ketones (excluding diaryl/α,β-unsaturated/α-hetero) is 1. The van der Waals surface area contributed by atoms with E-state index in [1.54, 1.807) is 80.8 Å². The molecule has 3 fully saturated rings. The van der Waals surface area contributed by atoms with Crippen molar-refractivity contribution in [2.24, 2.45) is 11.8 Å². The van der Waals surface area contributed by atoms with Crippen LogP contribution in [0.2, 0.25) is 0 Å². The molecule has 21 nitrogen and oxygen atoms in total. The van der Waals surface area contributed by atoms with E-state index in [4.69, 9.17) is 18.9 Å². The standard InChI is InChI=1S/C74H90F3N9O12/c1-44-37-83(55(39-82-29-32-96-42-45(82)2)40-84(44)71(94)98-73(7,8)9)41-63(88)86-43-74(10,58-26-17-48(34-61(58)86)33-47-15-21-52(75)22-16-47)69(92)79-53-23-18-50(19-24-53)66(89)78-54-25-20-51-38-85(65(56(51)35-54)67(90)80-64-59(76)13-12-14-60(64)77)68(91)57(49-27-30-95-31-28-49)36-62(87)46(3)81(11)70(93)97-72(4,5)6/h12-26,34-35,44-46,49,55,57,65H,27-33,36-43H2,1-11H3,(H,78,89)(H,79,92)(H,80,90)/t44-,45-,46+,55+,57+,65+,74?/m1/s1. The second-order valence-electron chi connectivity index (χ2n) is 28.8. The molecule has 0 aliphatic carbocycles. The van der Waals surface area contributed by atoms with Crippen molar-refractivity contribution in [3.63, 3.8) is 0 Å². The Morgan fingerprint density at radius 3 is 2.05 bits per heavy atom. The van der Waals surface area contributed by atoms with E-state index in [-0.39, 0.29) is 78.6 Å². The smallest absolute Gasteiger partial charge is 0.410 e. The number of fused-ring (bicyclic) bond motifs is 2. The molecule has 0 bridgehead atoms. The average Bonchev–Trinajstić information content (AvgIpc) is 1.59. The molecular weight excluding hydrogens is 1260 g/mol. The summed E-state index contributed by atoms with van der Waals surface area (Å²) < 4.78 is 67.3. The molecule has 7 amide bonds. The number of amides is 7. The highest BCUT2D eigenvalue weighted by Gasteiger charge is 2.49. The van der Waals surface area contributed by atoms with Crippen LogP contribution in [-0.4, -0.2) is 180 Å². The molecule has 5 aliphatic heterocycles. The van der Waals surface area contributed by atoms with Gasteiger partial charge in [0.2, 0.25) is 17.7 Å². The lowest BCUT2D eigenvalue weighted by Crippen LogP contribution is -2.64. The second kappa shape index (κ2) is 29.8. The lowest BCUT2D eigenvalue weighted by molar-refractivity contribution is -0.147. The summed E-state index contributed by atoms with van der Waals surface area (Å²) in [5.74, 6) is -7.09. The van der Waals surface area contributed by atoms with Gasteiger partial charge in [0.1, 0.15) is 40.4 Å². The average molecular weight is 1350 g/mol. The first-order valence-electron chi connectivity index (χ1n) is 33.6. The zero-order valence-corrected chi connectivity index (χ0v) is 57.7. The molecule has 0 aromatic heterocycles. The predicted octanol–water partition coefficient (Wildman–Crippen LogP) is 10.5. The lowest BCUT2D eigenvalue weighted by Gasteiger charge is -2.47. The number of nitrogens with zero attached hydrogens (tertiary/aromatic N) is 6. The van der Waals surface area contributed by atoms with Gasteiger partial charge in [0.05, 0.1) is 31.2 Å². The van der Waals surface area contributed by atoms with E-state index >= 15 is 18.4 Å². The van der Waals surface area contributed by atoms with Crippen LogP contribution in [0, 0.1) is 29.3 Å². The number of nitrogens with one attached hydrogen (secondary N) is 3. The number of likely N-dealkylation sites (N-methyl/N-ethyl adjacent to an activating group) is 1. The minimum atomic E-state index is -1.50. The number of halogens is 3. The summed E-state index contributed by atoms with van der Waals surface area (Å²) in [7, 11) is 1.44. The Morgan fingerprint density at radius 2 is 1.39 bits per heavy atom. The number of morpholine rings is 1. The van der Waals surface area contributed by atoms with E-state index in [0.29, 0.717) is 94.4 Å². The van der Waals surface area contributed by atoms with Crippen molar-refractivity contribution >= 4 is 70.3 Å². The van der Waals surface area contributed by atoms with E-state index < -0.39 is 93.5 Å². The minimum Gasteiger partial charge on any atom is -0.444 e. The van der Waals surface area contributed by atoms with E-state index in [1.807, 2.05) is 45.9 Å². The van der Waals surface area contributed by atoms with Crippen LogP contribution >= 0.6 is 0 Å². The van der Waals surface area contributed by atoms with Crippen LogP contribution in [0.3, 0.4) is 0 Å². The van der Waals surface area contributed by atoms with Crippen molar-refractivity contribution in [3.8, 4) is 0 Å². The van der Waals surface area contributed by atoms with E-state index in [2.05, 4.69) is 32.7 Å². The van der Waals surface area contributed by atoms with Gasteiger partial charge in [-0.3, -0.25) is 38.6 Å². The number of piperazine rings is 1. The highest BCUT2D eigenvalue weighted by Crippen LogP contribution is 2.44. The maximum absolute atomic E-state index is 15.2. The molecular formula is C74H90F3N9O12. The minimum absolute atomic E-state index is 0.0197. The fourth-order valence-electron chi connectivity index (χ4n) is 13.6. The molecule has 7 atom stereocenters. The van der Waals surface area contributed by atoms with Gasteiger partial charge in [-0.2, -0.15) is 0 Å². The third-order valence-electron chi connectivity index (χ3n) is 19.2. The van der Waals surface area contributed by atoms with Gasteiger partial charge < -0.3 is 54.5 Å². The number of hydrogen-bond acceptors (Lipinski definition) is 14. The van der Waals surface area contributed by atoms with Gasteiger partial charge in [-0.25, -0.2) is 22.8 Å². The summed E-state index contributed by atoms with van der Waals surface area (Å²) in [6.45, 7) is 21.4. The van der Waals surface area contributed by atoms with Crippen LogP contribution < -0.4 is 20.9 Å². The fraction of sp³-hybridized carbons (Fsp3) is 0.486. The number of ether oxygens (including phenoxy) is 4. The summed E-state index contributed by atoms with van der Waals surface area (Å²) in [6, 6.07) is 22.9. The molecule has 5 aromatic carbocycles. The normalized spacial score (nSPS) is 21.3. The topological polar surface area (TPSA) is 229 Å². The van der Waals surface area contributed by atoms with Gasteiger partial charge in [-0.15, -0.1) is 0 Å². The summed E-state index contributed by atoms with van der Waals surface area (Å²) in [5, 5.41) is 8.27. The molecule has 0 radical (unpaired) electrons. The molecule has 3 saturated heterocycles. The van der Waals surface area contributed by atoms with E-state index in [1.165, 1.54) is 47.2 Å². The van der Waals surface area contributed by atoms with Gasteiger partial charge >= 0.3 is 12.2 Å². The number of ketones is 1. The van der Waals surface area contributed by atoms with Crippen LogP contribution in [-0.2, 0) is 61.3 Å². The van der Waals surface area contributed by atoms with Crippen molar-refractivity contribution in [2.45, 2.75) is 148 Å². The summed E-state index contributed by atoms with van der Waals surface area (Å²) in [4.78, 5) is 125. The zero-order chi connectivity index (χ0) is 70.7. The molecule has 5 aliphatic rings. The Labute approximate surface area is 570 Å². The number of carbonyl (C=O) groups excluding carboxylic acids is 8. The first kappa shape index (κ1) is 72.0. The largest absolute Gasteiger partial charge is 0.444 e. The predicted molar refractivity (Wildman–Crippen MR) is 363 cm³/mol. The Hall–Kier alpha value is -8.71. The molecule has 24 heteroatoms. The molecule has 98 heavy (non-hydrogen) atoms. The molecule has 5 aromatic rings. The van der Waals surface area contributed by atoms with Crippen molar-refractivity contribution in [2.75, 3.05) is 93.6 Å². The number of para-hydroxylation sites is 1. The fourth-order valence-corrected chi connectivity index (χ4v) is 13.6. The third-order valence-corrected chi connectivity index (χ3v) is 19.2. The van der Waals surface area contributed by atoms with Crippen LogP contribution in [0.1, 0.15) is 133 Å². The van der Waals surface area contributed by atoms with E-state index in [9.17, 15) is 33.2 Å². The molecule has 1 unspecified atom stereocenters. The van der Waals surface area contributed by atoms with Gasteiger partial charge in [0, 0.05) is 113 Å². The lowest BCUT2D eigenvalue weighted by atomic mass is 9.80. The van der Waals surface area contributed by atoms with Gasteiger partial charge in [-0.05, 0) is 189 Å². The molecule has 10 rings (SSSR count). The van der Waals surface area contributed by atoms with Crippen LogP contribution in [0.5, 0.6) is 0 Å². The number of hydrogen-bond donors (Lipinski definition) is 3. The van der Waals surface area contributed by atoms with Crippen LogP contribution in [0.15, 0.2) is 103 Å². The van der Waals surface area contributed by atoms with Crippen LogP contribution in [0.25, 0.3) is 0 Å². The van der Waals surface area contributed by atoms with Crippen molar-refractivity contribution < 1.29 is 70.5 Å². The van der Waals surface area contributed by atoms with Crippen LogP contribution in [0.4, 0.5) is 45.5 Å². The molecule has 3 N–H and O–H groups in total. The maximum atomic E-state index is 15.2. The van der Waals surface area contributed by atoms with Gasteiger partial charge in [-0.1, -0.05) is 36.4 Å². The quantitative estimate of drug-likeness (QED) is 0.0742. The Morgan fingerprint density at radius 1 is 0.724 bits per heavy atom. The first-order chi connectivity index (χ1) is 46.3. The first-order valence-corrected chi connectivity index (χ1v) is 33.6. The molecule has 0 saturated carbocycles. The molecule has 524 valence electrons. The Bertz CT molecular complexity index is 3800. The second-order valence-corrected chi connectivity index (χ2v) is 28.8. The highest BCUT2D eigenvalue weighted by molar-refractivity contribution is 6.08. The molecule has 0 spiro atoms.